The molecule has 0 aliphatic carbocycles. The van der Waals surface area contributed by atoms with Gasteiger partial charge in [-0.05, 0) is 53.1 Å². The molecule has 1 heterocycles. The van der Waals surface area contributed by atoms with Crippen molar-refractivity contribution >= 4 is 28.7 Å². The van der Waals surface area contributed by atoms with E-state index in [0.717, 1.165) is 21.9 Å². The Hall–Kier alpha value is -3.21. The average Bonchev–Trinajstić information content (AvgIpc) is 2.56. The van der Waals surface area contributed by atoms with Crippen LogP contribution in [0.2, 0.25) is 0 Å². The van der Waals surface area contributed by atoms with Crippen LogP contribution in [0, 0.1) is 6.92 Å². The molecule has 5 nitrogen and oxygen atoms in total. The molecule has 2 aromatic carbocycles. The monoisotopic (exact) mass is 304 g/mol. The molecule has 0 aliphatic rings. The van der Waals surface area contributed by atoms with E-state index < -0.39 is 0 Å². The van der Waals surface area contributed by atoms with Crippen molar-refractivity contribution in [3.05, 3.63) is 71.4 Å². The Labute approximate surface area is 133 Å². The predicted molar refractivity (Wildman–Crippen MR) is 92.7 cm³/mol. The number of amides is 1. The van der Waals surface area contributed by atoms with E-state index in [1.165, 1.54) is 0 Å². The van der Waals surface area contributed by atoms with E-state index in [-0.39, 0.29) is 5.91 Å². The van der Waals surface area contributed by atoms with Crippen molar-refractivity contribution < 1.29 is 4.79 Å². The fourth-order valence-corrected chi connectivity index (χ4v) is 2.30. The van der Waals surface area contributed by atoms with Crippen molar-refractivity contribution in [1.29, 1.82) is 0 Å². The molecule has 0 saturated carbocycles. The van der Waals surface area contributed by atoms with Gasteiger partial charge in [-0.3, -0.25) is 4.79 Å². The highest BCUT2D eigenvalue weighted by molar-refractivity contribution is 6.06. The number of fused-ring (bicyclic) bond motifs is 1. The molecule has 5 heteroatoms. The van der Waals surface area contributed by atoms with E-state index in [2.05, 4.69) is 15.4 Å². The molecule has 0 spiro atoms. The van der Waals surface area contributed by atoms with Crippen LogP contribution in [-0.2, 0) is 0 Å². The van der Waals surface area contributed by atoms with Gasteiger partial charge in [0, 0.05) is 11.8 Å². The minimum atomic E-state index is -0.184. The molecule has 0 unspecified atom stereocenters. The summed E-state index contributed by atoms with van der Waals surface area (Å²) in [5, 5.41) is 8.31. The number of aryl methyl sites for hydroxylation is 1. The number of pyridine rings is 1. The van der Waals surface area contributed by atoms with Gasteiger partial charge in [-0.25, -0.2) is 4.98 Å². The molecule has 3 N–H and O–H groups in total. The molecule has 1 aromatic heterocycles. The summed E-state index contributed by atoms with van der Waals surface area (Å²) in [7, 11) is 0. The molecule has 3 aromatic rings. The highest BCUT2D eigenvalue weighted by atomic mass is 16.1. The van der Waals surface area contributed by atoms with E-state index >= 15 is 0 Å². The number of hydrogen-bond donors (Lipinski definition) is 2. The molecule has 0 saturated heterocycles. The first-order chi connectivity index (χ1) is 11.2. The van der Waals surface area contributed by atoms with E-state index in [4.69, 9.17) is 5.84 Å². The number of hydrazone groups is 1. The van der Waals surface area contributed by atoms with E-state index in [9.17, 15) is 4.79 Å². The van der Waals surface area contributed by atoms with Gasteiger partial charge in [-0.1, -0.05) is 24.3 Å². The number of nitrogens with two attached hydrogens (primary N) is 1. The number of hydrogen-bond acceptors (Lipinski definition) is 4. The normalized spacial score (nSPS) is 11.0. The predicted octanol–water partition coefficient (Wildman–Crippen LogP) is 3.09. The Morgan fingerprint density at radius 3 is 2.65 bits per heavy atom. The Kier molecular flexibility index (Phi) is 4.01. The quantitative estimate of drug-likeness (QED) is 0.443. The minimum Gasteiger partial charge on any atom is -0.323 e. The summed E-state index contributed by atoms with van der Waals surface area (Å²) in [6.07, 6.45) is 3.31. The molecule has 114 valence electrons. The number of nitrogens with one attached hydrogen (secondary N) is 1. The average molecular weight is 304 g/mol. The Balaban J connectivity index is 1.86. The summed E-state index contributed by atoms with van der Waals surface area (Å²) >= 11 is 0. The second kappa shape index (κ2) is 6.27. The summed E-state index contributed by atoms with van der Waals surface area (Å²) in [5.74, 6) is 5.51. The van der Waals surface area contributed by atoms with E-state index in [0.29, 0.717) is 11.4 Å². The van der Waals surface area contributed by atoms with Crippen molar-refractivity contribution in [2.75, 3.05) is 5.32 Å². The maximum atomic E-state index is 12.3. The van der Waals surface area contributed by atoms with Crippen molar-refractivity contribution in [2.24, 2.45) is 10.9 Å². The van der Waals surface area contributed by atoms with Gasteiger partial charge in [0.15, 0.2) is 0 Å². The number of nitrogens with zero attached hydrogens (tertiary/aromatic N) is 2. The molecule has 0 aliphatic heterocycles. The van der Waals surface area contributed by atoms with Crippen LogP contribution >= 0.6 is 0 Å². The van der Waals surface area contributed by atoms with Crippen LogP contribution in [0.3, 0.4) is 0 Å². The third-order valence-electron chi connectivity index (χ3n) is 3.50. The van der Waals surface area contributed by atoms with Crippen molar-refractivity contribution in [3.8, 4) is 0 Å². The molecule has 0 radical (unpaired) electrons. The van der Waals surface area contributed by atoms with Gasteiger partial charge in [-0.2, -0.15) is 5.10 Å². The molecule has 0 bridgehead atoms. The summed E-state index contributed by atoms with van der Waals surface area (Å²) in [4.78, 5) is 16.5. The third-order valence-corrected chi connectivity index (χ3v) is 3.50. The van der Waals surface area contributed by atoms with Crippen LogP contribution in [-0.4, -0.2) is 17.1 Å². The number of rotatable bonds is 3. The Morgan fingerprint density at radius 2 is 1.91 bits per heavy atom. The topological polar surface area (TPSA) is 80.4 Å². The maximum Gasteiger partial charge on any atom is 0.256 e. The van der Waals surface area contributed by atoms with Crippen LogP contribution in [0.1, 0.15) is 21.5 Å². The van der Waals surface area contributed by atoms with Gasteiger partial charge in [0.05, 0.1) is 6.21 Å². The SMILES string of the molecule is Cc1ccc(NC(=O)c2ccc3cc(C=NN)ccc3c2)nc1. The molecule has 0 atom stereocenters. The summed E-state index contributed by atoms with van der Waals surface area (Å²) in [5.41, 5.74) is 2.55. The molecular formula is C18H16N4O. The summed E-state index contributed by atoms with van der Waals surface area (Å²) in [6.45, 7) is 1.95. The van der Waals surface area contributed by atoms with E-state index in [1.807, 2.05) is 43.3 Å². The number of carbonyl (C=O) groups is 1. The lowest BCUT2D eigenvalue weighted by Crippen LogP contribution is -2.12. The van der Waals surface area contributed by atoms with Crippen LogP contribution in [0.4, 0.5) is 5.82 Å². The lowest BCUT2D eigenvalue weighted by Gasteiger charge is -2.06. The maximum absolute atomic E-state index is 12.3. The first-order valence-electron chi connectivity index (χ1n) is 7.17. The Morgan fingerprint density at radius 1 is 1.13 bits per heavy atom. The van der Waals surface area contributed by atoms with Gasteiger partial charge < -0.3 is 11.2 Å². The fourth-order valence-electron chi connectivity index (χ4n) is 2.30. The molecular weight excluding hydrogens is 288 g/mol. The molecule has 1 amide bonds. The van der Waals surface area contributed by atoms with Crippen molar-refractivity contribution in [2.45, 2.75) is 6.92 Å². The van der Waals surface area contributed by atoms with Crippen LogP contribution in [0.25, 0.3) is 10.8 Å². The van der Waals surface area contributed by atoms with Crippen LogP contribution in [0.15, 0.2) is 59.8 Å². The highest BCUT2D eigenvalue weighted by Crippen LogP contribution is 2.18. The Bertz CT molecular complexity index is 885. The second-order valence-electron chi connectivity index (χ2n) is 5.27. The zero-order valence-electron chi connectivity index (χ0n) is 12.7. The molecule has 23 heavy (non-hydrogen) atoms. The van der Waals surface area contributed by atoms with E-state index in [1.54, 1.807) is 24.5 Å². The number of aromatic nitrogens is 1. The summed E-state index contributed by atoms with van der Waals surface area (Å²) < 4.78 is 0. The van der Waals surface area contributed by atoms with Crippen LogP contribution < -0.4 is 11.2 Å². The van der Waals surface area contributed by atoms with Crippen LogP contribution in [0.5, 0.6) is 0 Å². The zero-order chi connectivity index (χ0) is 16.2. The summed E-state index contributed by atoms with van der Waals surface area (Å²) in [6, 6.07) is 15.0. The van der Waals surface area contributed by atoms with Crippen molar-refractivity contribution in [3.63, 3.8) is 0 Å². The zero-order valence-corrected chi connectivity index (χ0v) is 12.7. The van der Waals surface area contributed by atoms with Gasteiger partial charge in [0.1, 0.15) is 5.82 Å². The molecule has 3 rings (SSSR count). The second-order valence-corrected chi connectivity index (χ2v) is 5.27. The third kappa shape index (κ3) is 3.35. The van der Waals surface area contributed by atoms with Gasteiger partial charge in [0.25, 0.3) is 5.91 Å². The van der Waals surface area contributed by atoms with Gasteiger partial charge in [0.2, 0.25) is 0 Å². The van der Waals surface area contributed by atoms with Crippen molar-refractivity contribution in [1.82, 2.24) is 4.98 Å². The lowest BCUT2D eigenvalue weighted by molar-refractivity contribution is 0.102. The largest absolute Gasteiger partial charge is 0.323 e. The first-order valence-corrected chi connectivity index (χ1v) is 7.17. The fraction of sp³-hybridized carbons (Fsp3) is 0.0556. The number of carbonyl (C=O) groups excluding carboxylic acids is 1. The smallest absolute Gasteiger partial charge is 0.256 e. The lowest BCUT2D eigenvalue weighted by atomic mass is 10.0. The molecule has 0 fully saturated rings. The van der Waals surface area contributed by atoms with Gasteiger partial charge >= 0.3 is 0 Å². The minimum absolute atomic E-state index is 0.184. The first kappa shape index (κ1) is 14.7. The highest BCUT2D eigenvalue weighted by Gasteiger charge is 2.07. The standard InChI is InChI=1S/C18H16N4O/c1-12-2-7-17(20-10-12)22-18(23)16-6-5-14-8-13(11-21-19)3-4-15(14)9-16/h2-11H,19H2,1H3,(H,20,22,23). The number of anilines is 1. The number of benzene rings is 2. The van der Waals surface area contributed by atoms with Gasteiger partial charge in [-0.15, -0.1) is 0 Å².